The molecule has 0 saturated carbocycles. The minimum atomic E-state index is -0.456. The fraction of sp³-hybridized carbons (Fsp3) is 0.357. The van der Waals surface area contributed by atoms with Crippen molar-refractivity contribution in [3.63, 3.8) is 0 Å². The fourth-order valence-electron chi connectivity index (χ4n) is 7.54. The number of anilines is 4. The highest BCUT2D eigenvalue weighted by Gasteiger charge is 2.42. The van der Waals surface area contributed by atoms with E-state index in [1.165, 1.54) is 36.4 Å². The van der Waals surface area contributed by atoms with E-state index in [4.69, 9.17) is 18.6 Å². The summed E-state index contributed by atoms with van der Waals surface area (Å²) in [5, 5.41) is 12.9. The predicted octanol–water partition coefficient (Wildman–Crippen LogP) is 7.15. The van der Waals surface area contributed by atoms with Gasteiger partial charge in [0.1, 0.15) is 23.3 Å². The van der Waals surface area contributed by atoms with Gasteiger partial charge in [-0.25, -0.2) is 22.4 Å². The third-order valence-corrected chi connectivity index (χ3v) is 10.7. The molecule has 16 heteroatoms. The van der Waals surface area contributed by atoms with Crippen molar-refractivity contribution in [3.05, 3.63) is 118 Å². The van der Waals surface area contributed by atoms with E-state index in [0.717, 1.165) is 31.6 Å². The van der Waals surface area contributed by atoms with Crippen LogP contribution in [0.5, 0.6) is 0 Å². The molecular formula is C42H49F4IN8O3. The Labute approximate surface area is 350 Å². The number of carbonyl (C=O) groups is 3. The molecule has 58 heavy (non-hydrogen) atoms. The lowest BCUT2D eigenvalue weighted by Gasteiger charge is -2.45. The number of urea groups is 1. The van der Waals surface area contributed by atoms with Gasteiger partial charge in [0.25, 0.3) is 0 Å². The number of nitrogens with zero attached hydrogens (tertiary/aromatic N) is 1. The molecule has 4 aliphatic heterocycles. The van der Waals surface area contributed by atoms with Crippen molar-refractivity contribution in [1.82, 2.24) is 15.5 Å². The van der Waals surface area contributed by atoms with Gasteiger partial charge in [0.05, 0.1) is 0 Å². The molecule has 0 aromatic heterocycles. The number of ketones is 2. The Kier molecular flexibility index (Phi) is 14.5. The van der Waals surface area contributed by atoms with E-state index < -0.39 is 17.2 Å². The van der Waals surface area contributed by atoms with Gasteiger partial charge in [-0.15, -0.1) is 0 Å². The number of piperidine rings is 2. The number of Topliss-reactive ketones (excluding diaryl/α,β-unsaturated/α-hetero) is 2. The van der Waals surface area contributed by atoms with E-state index in [2.05, 4.69) is 21.3 Å². The molecule has 2 saturated heterocycles. The molecule has 0 radical (unpaired) electrons. The van der Waals surface area contributed by atoms with Crippen molar-refractivity contribution in [2.24, 2.45) is 5.73 Å². The van der Waals surface area contributed by atoms with E-state index >= 15 is 0 Å². The average molecular weight is 918 g/mol. The number of rotatable bonds is 3. The summed E-state index contributed by atoms with van der Waals surface area (Å²) in [6, 6.07) is 17.2. The first-order valence-electron chi connectivity index (χ1n) is 19.5. The molecule has 4 heterocycles. The lowest BCUT2D eigenvalue weighted by atomic mass is 9.78. The minimum Gasteiger partial charge on any atom is -0.399 e. The first-order valence-corrected chi connectivity index (χ1v) is 20.3. The summed E-state index contributed by atoms with van der Waals surface area (Å²) < 4.78 is 59.3. The second-order valence-corrected chi connectivity index (χ2v) is 14.7. The molecule has 0 bridgehead atoms. The number of nitrogen functional groups attached to an aromatic ring is 2. The number of fused-ring (bicyclic) bond motifs is 2. The van der Waals surface area contributed by atoms with Gasteiger partial charge in [-0.05, 0) is 104 Å². The van der Waals surface area contributed by atoms with Crippen LogP contribution in [0.3, 0.4) is 0 Å². The zero-order valence-electron chi connectivity index (χ0n) is 32.9. The first kappa shape index (κ1) is 42.7. The molecule has 2 fully saturated rings. The van der Waals surface area contributed by atoms with Crippen LogP contribution in [0.25, 0.3) is 0 Å². The Balaban J connectivity index is 0.000000185. The van der Waals surface area contributed by atoms with E-state index in [1.54, 1.807) is 41.3 Å². The molecule has 2 spiro atoms. The number of hydrogen-bond acceptors (Lipinski definition) is 9. The molecule has 2 amide bonds. The molecule has 10 N–H and O–H groups in total. The number of nitrogens with two attached hydrogens (primary N) is 3. The Hall–Kier alpha value is -4.94. The predicted molar refractivity (Wildman–Crippen MR) is 228 cm³/mol. The topological polar surface area (TPSA) is 181 Å². The van der Waals surface area contributed by atoms with Crippen LogP contribution in [0.4, 0.5) is 45.1 Å². The molecule has 0 atom stereocenters. The van der Waals surface area contributed by atoms with Gasteiger partial charge < -0.3 is 43.4 Å². The van der Waals surface area contributed by atoms with Gasteiger partial charge in [0.2, 0.25) is 0 Å². The molecule has 0 unspecified atom stereocenters. The van der Waals surface area contributed by atoms with E-state index in [9.17, 15) is 31.9 Å². The molecule has 4 aromatic rings. The SMILES string of the molecule is NCc1ccc(N)cc1F.Nc1ccc(CNC(=O)N2CCC3(CC2)CC(=O)c2cc(F)ccc2N3)c(F)c1.O=C1CC2(CCNCC2)Nc2ccc(F)cc21.[2H]CI. The maximum absolute atomic E-state index is 13.9. The van der Waals surface area contributed by atoms with Gasteiger partial charge in [-0.2, -0.15) is 0 Å². The molecule has 310 valence electrons. The lowest BCUT2D eigenvalue weighted by Crippen LogP contribution is -2.55. The van der Waals surface area contributed by atoms with Crippen molar-refractivity contribution in [2.45, 2.75) is 62.7 Å². The Bertz CT molecular complexity index is 2130. The largest absolute Gasteiger partial charge is 0.399 e. The van der Waals surface area contributed by atoms with E-state index in [-0.39, 0.29) is 54.3 Å². The van der Waals surface area contributed by atoms with Gasteiger partial charge in [-0.3, -0.25) is 9.59 Å². The first-order chi connectivity index (χ1) is 28.2. The third-order valence-electron chi connectivity index (χ3n) is 10.7. The summed E-state index contributed by atoms with van der Waals surface area (Å²) in [6.45, 7) is 3.07. The number of halogens is 5. The maximum Gasteiger partial charge on any atom is 0.317 e. The van der Waals surface area contributed by atoms with Crippen molar-refractivity contribution in [2.75, 3.05) is 53.2 Å². The summed E-state index contributed by atoms with van der Waals surface area (Å²) in [6.07, 6.45) is 3.82. The number of benzene rings is 4. The number of carbonyl (C=O) groups excluding carboxylic acids is 3. The number of amides is 2. The standard InChI is InChI=1S/C21H22F2N4O2.C13H15FN2O.C7H9FN2.CH3I/c22-14-2-4-18-16(9-14)19(28)11-21(26-18)5-7-27(8-6-21)20(29)25-12-13-1-3-15(24)10-17(13)23;14-9-1-2-11-10(7-9)12(17)8-13(16-11)3-5-15-6-4-13;8-7-3-6(10)2-1-5(7)4-9;1-2/h1-4,9-10,26H,5-8,11-12,24H2,(H,25,29);1-2,7,15-16H,3-6,8H2;1-3H,4,9-10H2;1H3/i;;;1D. The number of likely N-dealkylation sites (tertiary alicyclic amines) is 1. The molecule has 4 aliphatic rings. The summed E-state index contributed by atoms with van der Waals surface area (Å²) in [5.41, 5.74) is 19.4. The maximum atomic E-state index is 13.9. The van der Waals surface area contributed by atoms with Gasteiger partial charge in [0.15, 0.2) is 11.6 Å². The summed E-state index contributed by atoms with van der Waals surface area (Å²) >= 11 is 1.96. The van der Waals surface area contributed by atoms with Crippen LogP contribution in [-0.4, -0.2) is 64.7 Å². The van der Waals surface area contributed by atoms with Crippen LogP contribution in [-0.2, 0) is 13.1 Å². The highest BCUT2D eigenvalue weighted by atomic mass is 127. The zero-order chi connectivity index (χ0) is 42.7. The third kappa shape index (κ3) is 11.0. The van der Waals surface area contributed by atoms with Crippen LogP contribution in [0, 0.1) is 23.3 Å². The minimum absolute atomic E-state index is 0.0557. The molecule has 4 aromatic carbocycles. The Morgan fingerprint density at radius 2 is 1.22 bits per heavy atom. The number of nitrogens with one attached hydrogen (secondary N) is 4. The number of alkyl halides is 1. The van der Waals surface area contributed by atoms with Crippen molar-refractivity contribution in [1.29, 1.82) is 0 Å². The van der Waals surface area contributed by atoms with Crippen LogP contribution in [0.15, 0.2) is 72.8 Å². The monoisotopic (exact) mass is 917 g/mol. The van der Waals surface area contributed by atoms with Gasteiger partial charge >= 0.3 is 6.03 Å². The van der Waals surface area contributed by atoms with E-state index in [1.807, 2.05) is 22.6 Å². The van der Waals surface area contributed by atoms with E-state index in [0.29, 0.717) is 76.6 Å². The Morgan fingerprint density at radius 3 is 1.69 bits per heavy atom. The smallest absolute Gasteiger partial charge is 0.317 e. The normalized spacial score (nSPS) is 17.3. The van der Waals surface area contributed by atoms with Crippen LogP contribution < -0.4 is 38.5 Å². The van der Waals surface area contributed by atoms with Crippen LogP contribution >= 0.6 is 22.6 Å². The summed E-state index contributed by atoms with van der Waals surface area (Å²) in [5.74, 6) is -1.60. The molecule has 8 rings (SSSR count). The summed E-state index contributed by atoms with van der Waals surface area (Å²) in [7, 11) is 0. The van der Waals surface area contributed by atoms with Crippen molar-refractivity contribution in [3.8, 4) is 0 Å². The second kappa shape index (κ2) is 19.7. The average Bonchev–Trinajstić information content (AvgIpc) is 3.20. The highest BCUT2D eigenvalue weighted by Crippen LogP contribution is 2.38. The van der Waals surface area contributed by atoms with Gasteiger partial charge in [0, 0.05) is 96.5 Å². The van der Waals surface area contributed by atoms with Crippen LogP contribution in [0.2, 0.25) is 0 Å². The molecular weight excluding hydrogens is 867 g/mol. The number of hydrogen-bond donors (Lipinski definition) is 7. The summed E-state index contributed by atoms with van der Waals surface area (Å²) in [4.78, 5) is 39.2. The van der Waals surface area contributed by atoms with Gasteiger partial charge in [-0.1, -0.05) is 34.7 Å². The molecule has 11 nitrogen and oxygen atoms in total. The van der Waals surface area contributed by atoms with Crippen molar-refractivity contribution >= 4 is 62.9 Å². The quantitative estimate of drug-likeness (QED) is 0.0486. The fourth-order valence-corrected chi connectivity index (χ4v) is 7.54. The zero-order valence-corrected chi connectivity index (χ0v) is 34.1. The second-order valence-electron chi connectivity index (χ2n) is 14.7. The van der Waals surface area contributed by atoms with Crippen LogP contribution in [0.1, 0.15) is 71.7 Å². The Morgan fingerprint density at radius 1 is 0.759 bits per heavy atom. The van der Waals surface area contributed by atoms with Crippen molar-refractivity contribution < 1.29 is 33.3 Å². The molecule has 0 aliphatic carbocycles. The highest BCUT2D eigenvalue weighted by molar-refractivity contribution is 14.1. The lowest BCUT2D eigenvalue weighted by molar-refractivity contribution is 0.0911.